The van der Waals surface area contributed by atoms with Crippen molar-refractivity contribution in [1.29, 1.82) is 0 Å². The van der Waals surface area contributed by atoms with Crippen molar-refractivity contribution in [3.63, 3.8) is 0 Å². The van der Waals surface area contributed by atoms with Gasteiger partial charge in [0.25, 0.3) is 0 Å². The third kappa shape index (κ3) is 8.97. The molecule has 0 aromatic heterocycles. The summed E-state index contributed by atoms with van der Waals surface area (Å²) in [6.07, 6.45) is 4.83. The predicted molar refractivity (Wildman–Crippen MR) is 49.4 cm³/mol. The van der Waals surface area contributed by atoms with Gasteiger partial charge in [0, 0.05) is 33.4 Å². The van der Waals surface area contributed by atoms with Crippen LogP contribution in [0.4, 0.5) is 0 Å². The van der Waals surface area contributed by atoms with Gasteiger partial charge in [-0.2, -0.15) is 0 Å². The number of hydrogen-bond donors (Lipinski definition) is 1. The van der Waals surface area contributed by atoms with E-state index in [1.165, 1.54) is 0 Å². The summed E-state index contributed by atoms with van der Waals surface area (Å²) in [7, 11) is -2.73. The van der Waals surface area contributed by atoms with E-state index in [1.807, 2.05) is 13.8 Å². The fourth-order valence-electron chi connectivity index (χ4n) is 0.922. The first kappa shape index (κ1) is 15.4. The van der Waals surface area contributed by atoms with Gasteiger partial charge >= 0.3 is 0 Å². The largest absolute Gasteiger partial charge is 0.344 e. The zero-order chi connectivity index (χ0) is 8.74. The molecule has 2 nitrogen and oxygen atoms in total. The Morgan fingerprint density at radius 1 is 1.08 bits per heavy atom. The van der Waals surface area contributed by atoms with Crippen LogP contribution in [-0.4, -0.2) is 17.2 Å². The summed E-state index contributed by atoms with van der Waals surface area (Å²) in [6, 6.07) is 0. The van der Waals surface area contributed by atoms with Gasteiger partial charge in [0.2, 0.25) is 7.37 Å². The van der Waals surface area contributed by atoms with Crippen molar-refractivity contribution >= 4 is 7.37 Å². The summed E-state index contributed by atoms with van der Waals surface area (Å²) >= 11 is 0. The van der Waals surface area contributed by atoms with Gasteiger partial charge in [0.1, 0.15) is 0 Å². The SMILES string of the molecule is CCCCP(=O)(O)CCCC.[Mo]. The molecule has 74 valence electrons. The molecule has 0 atom stereocenters. The van der Waals surface area contributed by atoms with E-state index in [0.717, 1.165) is 25.7 Å². The average Bonchev–Trinajstić information content (AvgIpc) is 1.97. The smallest absolute Gasteiger partial charge is 0.200 e. The zero-order valence-corrected chi connectivity index (χ0v) is 10.9. The van der Waals surface area contributed by atoms with Gasteiger partial charge < -0.3 is 4.89 Å². The summed E-state index contributed by atoms with van der Waals surface area (Å²) in [5.41, 5.74) is 0. The molecule has 1 N–H and O–H groups in total. The van der Waals surface area contributed by atoms with Crippen LogP contribution < -0.4 is 0 Å². The second-order valence-electron chi connectivity index (χ2n) is 3.00. The van der Waals surface area contributed by atoms with Crippen molar-refractivity contribution in [2.24, 2.45) is 0 Å². The number of rotatable bonds is 6. The molecule has 0 heterocycles. The Labute approximate surface area is 89.9 Å². The molecule has 0 radical (unpaired) electrons. The summed E-state index contributed by atoms with van der Waals surface area (Å²) in [5.74, 6) is 0. The molecule has 0 unspecified atom stereocenters. The Hall–Kier alpha value is 0.878. The van der Waals surface area contributed by atoms with Gasteiger partial charge in [-0.15, -0.1) is 0 Å². The van der Waals surface area contributed by atoms with E-state index in [1.54, 1.807) is 0 Å². The van der Waals surface area contributed by atoms with Crippen LogP contribution in [0.2, 0.25) is 0 Å². The fourth-order valence-corrected chi connectivity index (χ4v) is 2.77. The predicted octanol–water partition coefficient (Wildman–Crippen LogP) is 2.85. The Morgan fingerprint density at radius 2 is 1.42 bits per heavy atom. The minimum absolute atomic E-state index is 0. The molecule has 0 saturated carbocycles. The van der Waals surface area contributed by atoms with E-state index in [-0.39, 0.29) is 21.1 Å². The normalized spacial score (nSPS) is 10.9. The molecule has 0 fully saturated rings. The second-order valence-corrected chi connectivity index (χ2v) is 5.59. The molecule has 12 heavy (non-hydrogen) atoms. The summed E-state index contributed by atoms with van der Waals surface area (Å²) in [5, 5.41) is 0. The summed E-state index contributed by atoms with van der Waals surface area (Å²) in [4.78, 5) is 9.33. The van der Waals surface area contributed by atoms with Crippen molar-refractivity contribution in [3.8, 4) is 0 Å². The first-order valence-electron chi connectivity index (χ1n) is 4.43. The van der Waals surface area contributed by atoms with E-state index in [9.17, 15) is 9.46 Å². The van der Waals surface area contributed by atoms with Crippen LogP contribution in [0, 0.1) is 0 Å². The Balaban J connectivity index is 0. The van der Waals surface area contributed by atoms with Crippen LogP contribution in [0.3, 0.4) is 0 Å². The van der Waals surface area contributed by atoms with Gasteiger partial charge in [0.15, 0.2) is 0 Å². The van der Waals surface area contributed by atoms with Crippen LogP contribution in [0.5, 0.6) is 0 Å². The third-order valence-corrected chi connectivity index (χ3v) is 3.75. The summed E-state index contributed by atoms with van der Waals surface area (Å²) < 4.78 is 11.3. The van der Waals surface area contributed by atoms with Gasteiger partial charge in [-0.25, -0.2) is 0 Å². The maximum atomic E-state index is 11.3. The molecule has 0 bridgehead atoms. The molecule has 0 amide bonds. The van der Waals surface area contributed by atoms with Gasteiger partial charge in [-0.3, -0.25) is 4.57 Å². The van der Waals surface area contributed by atoms with Crippen LogP contribution in [0.25, 0.3) is 0 Å². The minimum atomic E-state index is -2.73. The van der Waals surface area contributed by atoms with Gasteiger partial charge in [-0.05, 0) is 12.8 Å². The molecule has 0 rings (SSSR count). The van der Waals surface area contributed by atoms with E-state index < -0.39 is 7.37 Å². The van der Waals surface area contributed by atoms with Crippen LogP contribution in [0.1, 0.15) is 39.5 Å². The topological polar surface area (TPSA) is 37.3 Å². The Morgan fingerprint density at radius 3 is 1.67 bits per heavy atom. The van der Waals surface area contributed by atoms with Crippen molar-refractivity contribution in [2.75, 3.05) is 12.3 Å². The molecule has 0 aliphatic carbocycles. The van der Waals surface area contributed by atoms with Crippen molar-refractivity contribution in [2.45, 2.75) is 39.5 Å². The molecule has 4 heteroatoms. The van der Waals surface area contributed by atoms with Crippen LogP contribution in [0.15, 0.2) is 0 Å². The molecule has 0 spiro atoms. The molecule has 0 aromatic carbocycles. The maximum absolute atomic E-state index is 11.3. The molecule has 0 aliphatic rings. The first-order valence-corrected chi connectivity index (χ1v) is 6.46. The number of hydrogen-bond acceptors (Lipinski definition) is 1. The average molecular weight is 274 g/mol. The third-order valence-electron chi connectivity index (χ3n) is 1.72. The second kappa shape index (κ2) is 8.48. The minimum Gasteiger partial charge on any atom is -0.344 e. The monoisotopic (exact) mass is 276 g/mol. The maximum Gasteiger partial charge on any atom is 0.200 e. The van der Waals surface area contributed by atoms with Gasteiger partial charge in [0.05, 0.1) is 0 Å². The van der Waals surface area contributed by atoms with E-state index in [0.29, 0.717) is 12.3 Å². The standard InChI is InChI=1S/C8H19O2P.Mo/c1-3-5-7-11(9,10)8-6-4-2;/h3-8H2,1-2H3,(H,9,10);. The molecular formula is C8H19MoO2P. The van der Waals surface area contributed by atoms with Crippen molar-refractivity contribution < 1.29 is 30.5 Å². The zero-order valence-electron chi connectivity index (χ0n) is 7.95. The quantitative estimate of drug-likeness (QED) is 0.597. The summed E-state index contributed by atoms with van der Waals surface area (Å²) in [6.45, 7) is 4.08. The Bertz CT molecular complexity index is 127. The molecule has 0 saturated heterocycles. The first-order chi connectivity index (χ1) is 5.12. The fraction of sp³-hybridized carbons (Fsp3) is 1.00. The van der Waals surface area contributed by atoms with Crippen molar-refractivity contribution in [3.05, 3.63) is 0 Å². The number of unbranched alkanes of at least 4 members (excludes halogenated alkanes) is 2. The van der Waals surface area contributed by atoms with Crippen LogP contribution >= 0.6 is 7.37 Å². The van der Waals surface area contributed by atoms with E-state index in [4.69, 9.17) is 0 Å². The van der Waals surface area contributed by atoms with E-state index in [2.05, 4.69) is 0 Å². The van der Waals surface area contributed by atoms with Crippen molar-refractivity contribution in [1.82, 2.24) is 0 Å². The molecule has 0 aromatic rings. The molecular weight excluding hydrogens is 255 g/mol. The Kier molecular flexibility index (Phi) is 10.8. The van der Waals surface area contributed by atoms with Crippen LogP contribution in [-0.2, 0) is 25.6 Å². The molecule has 0 aliphatic heterocycles. The van der Waals surface area contributed by atoms with Gasteiger partial charge in [-0.1, -0.05) is 26.7 Å². The van der Waals surface area contributed by atoms with E-state index >= 15 is 0 Å².